The van der Waals surface area contributed by atoms with Gasteiger partial charge in [-0.05, 0) is 56.2 Å². The number of ether oxygens (including phenoxy) is 1. The van der Waals surface area contributed by atoms with Crippen LogP contribution >= 0.6 is 0 Å². The number of nitrogens with zero attached hydrogens (tertiary/aromatic N) is 2. The van der Waals surface area contributed by atoms with Crippen molar-refractivity contribution in [2.24, 2.45) is 5.92 Å². The lowest BCUT2D eigenvalue weighted by Crippen LogP contribution is -2.24. The Labute approximate surface area is 186 Å². The van der Waals surface area contributed by atoms with Gasteiger partial charge in [0.1, 0.15) is 5.82 Å². The van der Waals surface area contributed by atoms with Gasteiger partial charge < -0.3 is 10.1 Å². The maximum absolute atomic E-state index is 13.9. The van der Waals surface area contributed by atoms with E-state index in [1.54, 1.807) is 25.1 Å². The molecule has 166 valence electrons. The van der Waals surface area contributed by atoms with Gasteiger partial charge in [0.2, 0.25) is 5.91 Å². The maximum Gasteiger partial charge on any atom is 0.358 e. The normalized spacial score (nSPS) is 14.2. The van der Waals surface area contributed by atoms with E-state index in [9.17, 15) is 14.0 Å². The summed E-state index contributed by atoms with van der Waals surface area (Å²) >= 11 is 0. The van der Waals surface area contributed by atoms with Crippen molar-refractivity contribution in [3.8, 4) is 16.9 Å². The summed E-state index contributed by atoms with van der Waals surface area (Å²) in [7, 11) is 0. The third-order valence-corrected chi connectivity index (χ3v) is 5.65. The standard InChI is InChI=1S/C25H26FN3O3/c1-2-32-25(31)22-16-23(29(28-22)21-13-7-11-19(26)15-21)18-10-6-12-20(14-18)27-24(30)17-8-4-3-5-9-17/h6-7,10-17H,2-5,8-9H2,1H3,(H,27,30). The van der Waals surface area contributed by atoms with Crippen molar-refractivity contribution in [3.05, 3.63) is 66.1 Å². The highest BCUT2D eigenvalue weighted by atomic mass is 19.1. The Balaban J connectivity index is 1.68. The number of rotatable bonds is 6. The van der Waals surface area contributed by atoms with Crippen LogP contribution in [0.4, 0.5) is 10.1 Å². The molecular formula is C25H26FN3O3. The Morgan fingerprint density at radius 2 is 1.88 bits per heavy atom. The van der Waals surface area contributed by atoms with Crippen molar-refractivity contribution in [1.29, 1.82) is 0 Å². The molecule has 0 bridgehead atoms. The van der Waals surface area contributed by atoms with Gasteiger partial charge in [-0.15, -0.1) is 0 Å². The van der Waals surface area contributed by atoms with Crippen molar-refractivity contribution in [2.45, 2.75) is 39.0 Å². The number of carbonyl (C=O) groups is 2. The lowest BCUT2D eigenvalue weighted by atomic mass is 9.88. The molecule has 1 fully saturated rings. The fraction of sp³-hybridized carbons (Fsp3) is 0.320. The summed E-state index contributed by atoms with van der Waals surface area (Å²) in [4.78, 5) is 25.0. The SMILES string of the molecule is CCOC(=O)c1cc(-c2cccc(NC(=O)C3CCCCC3)c2)n(-c2cccc(F)c2)n1. The molecule has 1 aromatic heterocycles. The Morgan fingerprint density at radius 1 is 1.09 bits per heavy atom. The first-order chi connectivity index (χ1) is 15.5. The van der Waals surface area contributed by atoms with E-state index in [1.165, 1.54) is 23.2 Å². The van der Waals surface area contributed by atoms with Gasteiger partial charge in [0.05, 0.1) is 18.0 Å². The molecule has 3 aromatic rings. The molecule has 6 nitrogen and oxygen atoms in total. The molecule has 1 saturated carbocycles. The number of esters is 1. The zero-order chi connectivity index (χ0) is 22.5. The number of hydrogen-bond donors (Lipinski definition) is 1. The molecule has 1 heterocycles. The van der Waals surface area contributed by atoms with Crippen LogP contribution in [0.25, 0.3) is 16.9 Å². The van der Waals surface area contributed by atoms with Gasteiger partial charge in [0, 0.05) is 17.2 Å². The average Bonchev–Trinajstić information content (AvgIpc) is 3.26. The lowest BCUT2D eigenvalue weighted by Gasteiger charge is -2.20. The Bertz CT molecular complexity index is 1120. The summed E-state index contributed by atoms with van der Waals surface area (Å²) in [5, 5.41) is 7.39. The number of benzene rings is 2. The van der Waals surface area contributed by atoms with Crippen LogP contribution in [0.15, 0.2) is 54.6 Å². The second-order valence-corrected chi connectivity index (χ2v) is 7.93. The third kappa shape index (κ3) is 4.88. The minimum Gasteiger partial charge on any atom is -0.461 e. The van der Waals surface area contributed by atoms with Gasteiger partial charge >= 0.3 is 5.97 Å². The molecule has 4 rings (SSSR count). The summed E-state index contributed by atoms with van der Waals surface area (Å²) in [6, 6.07) is 15.0. The summed E-state index contributed by atoms with van der Waals surface area (Å²) in [5.74, 6) is -0.880. The molecule has 0 atom stereocenters. The molecule has 0 aliphatic heterocycles. The molecule has 0 unspecified atom stereocenters. The van der Waals surface area contributed by atoms with E-state index in [0.29, 0.717) is 17.1 Å². The van der Waals surface area contributed by atoms with Crippen LogP contribution in [-0.4, -0.2) is 28.3 Å². The Hall–Kier alpha value is -3.48. The average molecular weight is 435 g/mol. The predicted molar refractivity (Wildman–Crippen MR) is 120 cm³/mol. The van der Waals surface area contributed by atoms with Crippen LogP contribution in [-0.2, 0) is 9.53 Å². The molecule has 0 saturated heterocycles. The van der Waals surface area contributed by atoms with Crippen molar-refractivity contribution in [1.82, 2.24) is 9.78 Å². The third-order valence-electron chi connectivity index (χ3n) is 5.65. The second-order valence-electron chi connectivity index (χ2n) is 7.93. The number of halogens is 1. The summed E-state index contributed by atoms with van der Waals surface area (Å²) in [5.41, 5.74) is 2.60. The number of amides is 1. The van der Waals surface area contributed by atoms with Crippen LogP contribution in [0.1, 0.15) is 49.5 Å². The zero-order valence-electron chi connectivity index (χ0n) is 18.0. The summed E-state index contributed by atoms with van der Waals surface area (Å²) < 4.78 is 20.5. The fourth-order valence-electron chi connectivity index (χ4n) is 4.06. The van der Waals surface area contributed by atoms with Crippen molar-refractivity contribution in [2.75, 3.05) is 11.9 Å². The number of nitrogens with one attached hydrogen (secondary N) is 1. The second kappa shape index (κ2) is 9.77. The Kier molecular flexibility index (Phi) is 6.63. The van der Waals surface area contributed by atoms with Gasteiger partial charge in [-0.3, -0.25) is 4.79 Å². The van der Waals surface area contributed by atoms with Gasteiger partial charge in [0.25, 0.3) is 0 Å². The zero-order valence-corrected chi connectivity index (χ0v) is 18.0. The molecule has 1 aliphatic carbocycles. The predicted octanol–water partition coefficient (Wildman–Crippen LogP) is 5.37. The first-order valence-corrected chi connectivity index (χ1v) is 11.0. The molecular weight excluding hydrogens is 409 g/mol. The fourth-order valence-corrected chi connectivity index (χ4v) is 4.06. The van der Waals surface area contributed by atoms with E-state index in [2.05, 4.69) is 10.4 Å². The van der Waals surface area contributed by atoms with Gasteiger partial charge in [-0.25, -0.2) is 13.9 Å². The molecule has 32 heavy (non-hydrogen) atoms. The van der Waals surface area contributed by atoms with Crippen molar-refractivity contribution in [3.63, 3.8) is 0 Å². The van der Waals surface area contributed by atoms with Crippen LogP contribution < -0.4 is 5.32 Å². The Morgan fingerprint density at radius 3 is 2.62 bits per heavy atom. The summed E-state index contributed by atoms with van der Waals surface area (Å²) in [6.45, 7) is 1.95. The van der Waals surface area contributed by atoms with E-state index in [0.717, 1.165) is 31.2 Å². The van der Waals surface area contributed by atoms with E-state index in [1.807, 2.05) is 24.3 Å². The molecule has 0 radical (unpaired) electrons. The van der Waals surface area contributed by atoms with E-state index in [4.69, 9.17) is 4.74 Å². The lowest BCUT2D eigenvalue weighted by molar-refractivity contribution is -0.120. The molecule has 1 aliphatic rings. The first kappa shape index (κ1) is 21.7. The van der Waals surface area contributed by atoms with Crippen LogP contribution in [0, 0.1) is 11.7 Å². The highest BCUT2D eigenvalue weighted by Gasteiger charge is 2.22. The number of aromatic nitrogens is 2. The molecule has 1 N–H and O–H groups in total. The summed E-state index contributed by atoms with van der Waals surface area (Å²) in [6.07, 6.45) is 5.19. The minimum atomic E-state index is -0.550. The van der Waals surface area contributed by atoms with E-state index >= 15 is 0 Å². The van der Waals surface area contributed by atoms with Crippen molar-refractivity contribution >= 4 is 17.6 Å². The van der Waals surface area contributed by atoms with Gasteiger partial charge in [0.15, 0.2) is 5.69 Å². The highest BCUT2D eigenvalue weighted by molar-refractivity contribution is 5.93. The number of anilines is 1. The molecule has 1 amide bonds. The highest BCUT2D eigenvalue weighted by Crippen LogP contribution is 2.29. The monoisotopic (exact) mass is 435 g/mol. The van der Waals surface area contributed by atoms with Crippen LogP contribution in [0.5, 0.6) is 0 Å². The largest absolute Gasteiger partial charge is 0.461 e. The first-order valence-electron chi connectivity index (χ1n) is 11.0. The van der Waals surface area contributed by atoms with Gasteiger partial charge in [-0.2, -0.15) is 5.10 Å². The number of hydrogen-bond acceptors (Lipinski definition) is 4. The van der Waals surface area contributed by atoms with Crippen LogP contribution in [0.2, 0.25) is 0 Å². The molecule has 0 spiro atoms. The molecule has 7 heteroatoms. The van der Waals surface area contributed by atoms with Gasteiger partial charge in [-0.1, -0.05) is 37.5 Å². The smallest absolute Gasteiger partial charge is 0.358 e. The van der Waals surface area contributed by atoms with Crippen LogP contribution in [0.3, 0.4) is 0 Å². The van der Waals surface area contributed by atoms with E-state index < -0.39 is 11.8 Å². The van der Waals surface area contributed by atoms with Crippen molar-refractivity contribution < 1.29 is 18.7 Å². The quantitative estimate of drug-likeness (QED) is 0.528. The molecule has 2 aromatic carbocycles. The topological polar surface area (TPSA) is 73.2 Å². The maximum atomic E-state index is 13.9. The van der Waals surface area contributed by atoms with E-state index in [-0.39, 0.29) is 24.1 Å². The number of carbonyl (C=O) groups excluding carboxylic acids is 2. The minimum absolute atomic E-state index is 0.0349.